The average molecular weight is 279 g/mol. The molecule has 0 aliphatic rings. The lowest BCUT2D eigenvalue weighted by molar-refractivity contribution is 0.0937. The van der Waals surface area contributed by atoms with Crippen LogP contribution in [0.2, 0.25) is 0 Å². The van der Waals surface area contributed by atoms with Crippen molar-refractivity contribution in [2.75, 3.05) is 13.7 Å². The van der Waals surface area contributed by atoms with Crippen LogP contribution in [-0.4, -0.2) is 25.7 Å². The highest BCUT2D eigenvalue weighted by molar-refractivity contribution is 5.94. The predicted octanol–water partition coefficient (Wildman–Crippen LogP) is 3.15. The third-order valence-electron chi connectivity index (χ3n) is 3.10. The SMILES string of the molecule is CCC[C@@H](C)NC(=O)c1ccc(OC)c(COCC)c1. The Morgan fingerprint density at radius 1 is 1.35 bits per heavy atom. The molecule has 0 aliphatic carbocycles. The minimum absolute atomic E-state index is 0.0497. The van der Waals surface area contributed by atoms with Crippen LogP contribution in [0.25, 0.3) is 0 Å². The van der Waals surface area contributed by atoms with Gasteiger partial charge in [-0.05, 0) is 38.5 Å². The van der Waals surface area contributed by atoms with Gasteiger partial charge < -0.3 is 14.8 Å². The fraction of sp³-hybridized carbons (Fsp3) is 0.562. The third-order valence-corrected chi connectivity index (χ3v) is 3.10. The van der Waals surface area contributed by atoms with Gasteiger partial charge in [-0.3, -0.25) is 4.79 Å². The summed E-state index contributed by atoms with van der Waals surface area (Å²) >= 11 is 0. The van der Waals surface area contributed by atoms with Gasteiger partial charge in [-0.1, -0.05) is 13.3 Å². The number of amides is 1. The van der Waals surface area contributed by atoms with Crippen molar-refractivity contribution in [3.63, 3.8) is 0 Å². The van der Waals surface area contributed by atoms with Crippen LogP contribution in [0.1, 0.15) is 49.5 Å². The van der Waals surface area contributed by atoms with Gasteiger partial charge in [0.1, 0.15) is 5.75 Å². The van der Waals surface area contributed by atoms with Crippen molar-refractivity contribution in [1.29, 1.82) is 0 Å². The topological polar surface area (TPSA) is 47.6 Å². The molecule has 0 unspecified atom stereocenters. The maximum atomic E-state index is 12.2. The van der Waals surface area contributed by atoms with Crippen LogP contribution < -0.4 is 10.1 Å². The van der Waals surface area contributed by atoms with Gasteiger partial charge in [-0.2, -0.15) is 0 Å². The standard InChI is InChI=1S/C16H25NO3/c1-5-7-12(3)17-16(18)13-8-9-15(19-4)14(10-13)11-20-6-2/h8-10,12H,5-7,11H2,1-4H3,(H,17,18)/t12-/m1/s1. The summed E-state index contributed by atoms with van der Waals surface area (Å²) in [5, 5.41) is 3.00. The van der Waals surface area contributed by atoms with Gasteiger partial charge >= 0.3 is 0 Å². The van der Waals surface area contributed by atoms with E-state index in [1.807, 2.05) is 26.0 Å². The molecular formula is C16H25NO3. The minimum atomic E-state index is -0.0497. The molecule has 0 saturated heterocycles. The summed E-state index contributed by atoms with van der Waals surface area (Å²) < 4.78 is 10.7. The Hall–Kier alpha value is -1.55. The van der Waals surface area contributed by atoms with Crippen LogP contribution in [0.15, 0.2) is 18.2 Å². The number of rotatable bonds is 8. The molecule has 1 amide bonds. The lowest BCUT2D eigenvalue weighted by atomic mass is 10.1. The van der Waals surface area contributed by atoms with Gasteiger partial charge in [-0.15, -0.1) is 0 Å². The third kappa shape index (κ3) is 4.85. The van der Waals surface area contributed by atoms with Crippen molar-refractivity contribution in [2.24, 2.45) is 0 Å². The summed E-state index contributed by atoms with van der Waals surface area (Å²) in [4.78, 5) is 12.2. The lowest BCUT2D eigenvalue weighted by Crippen LogP contribution is -2.32. The van der Waals surface area contributed by atoms with Crippen molar-refractivity contribution in [2.45, 2.75) is 46.3 Å². The summed E-state index contributed by atoms with van der Waals surface area (Å²) in [7, 11) is 1.62. The number of hydrogen-bond acceptors (Lipinski definition) is 3. The van der Waals surface area contributed by atoms with E-state index in [1.165, 1.54) is 0 Å². The van der Waals surface area contributed by atoms with E-state index in [2.05, 4.69) is 12.2 Å². The smallest absolute Gasteiger partial charge is 0.251 e. The second-order valence-electron chi connectivity index (χ2n) is 4.83. The van der Waals surface area contributed by atoms with E-state index in [1.54, 1.807) is 13.2 Å². The molecule has 0 aromatic heterocycles. The molecule has 4 nitrogen and oxygen atoms in total. The molecule has 0 saturated carbocycles. The van der Waals surface area contributed by atoms with E-state index < -0.39 is 0 Å². The first-order valence-corrected chi connectivity index (χ1v) is 7.17. The largest absolute Gasteiger partial charge is 0.496 e. The maximum absolute atomic E-state index is 12.2. The Balaban J connectivity index is 2.81. The second kappa shape index (κ2) is 8.59. The molecule has 20 heavy (non-hydrogen) atoms. The monoisotopic (exact) mass is 279 g/mol. The first-order valence-electron chi connectivity index (χ1n) is 7.17. The first-order chi connectivity index (χ1) is 9.62. The number of ether oxygens (including phenoxy) is 2. The number of benzene rings is 1. The zero-order chi connectivity index (χ0) is 15.0. The number of carbonyl (C=O) groups excluding carboxylic acids is 1. The number of nitrogens with one attached hydrogen (secondary N) is 1. The summed E-state index contributed by atoms with van der Waals surface area (Å²) in [6, 6.07) is 5.61. The van der Waals surface area contributed by atoms with Crippen LogP contribution in [0.4, 0.5) is 0 Å². The van der Waals surface area contributed by atoms with Gasteiger partial charge in [0.05, 0.1) is 13.7 Å². The fourth-order valence-corrected chi connectivity index (χ4v) is 2.06. The van der Waals surface area contributed by atoms with Crippen molar-refractivity contribution in [1.82, 2.24) is 5.32 Å². The van der Waals surface area contributed by atoms with Crippen LogP contribution in [-0.2, 0) is 11.3 Å². The molecule has 1 atom stereocenters. The number of hydrogen-bond donors (Lipinski definition) is 1. The van der Waals surface area contributed by atoms with E-state index in [9.17, 15) is 4.79 Å². The predicted molar refractivity (Wildman–Crippen MR) is 80.2 cm³/mol. The van der Waals surface area contributed by atoms with Crippen molar-refractivity contribution in [3.8, 4) is 5.75 Å². The molecule has 1 rings (SSSR count). The van der Waals surface area contributed by atoms with Gasteiger partial charge in [0, 0.05) is 23.8 Å². The highest BCUT2D eigenvalue weighted by Gasteiger charge is 2.12. The Morgan fingerprint density at radius 2 is 2.10 bits per heavy atom. The average Bonchev–Trinajstić information content (AvgIpc) is 2.44. The van der Waals surface area contributed by atoms with Gasteiger partial charge in [0.2, 0.25) is 0 Å². The number of methoxy groups -OCH3 is 1. The molecule has 4 heteroatoms. The van der Waals surface area contributed by atoms with Gasteiger partial charge in [0.25, 0.3) is 5.91 Å². The highest BCUT2D eigenvalue weighted by Crippen LogP contribution is 2.21. The van der Waals surface area contributed by atoms with Crippen molar-refractivity contribution < 1.29 is 14.3 Å². The molecule has 0 aliphatic heterocycles. The minimum Gasteiger partial charge on any atom is -0.496 e. The van der Waals surface area contributed by atoms with E-state index in [-0.39, 0.29) is 11.9 Å². The van der Waals surface area contributed by atoms with Crippen LogP contribution in [0.5, 0.6) is 5.75 Å². The summed E-state index contributed by atoms with van der Waals surface area (Å²) in [5.41, 5.74) is 1.54. The lowest BCUT2D eigenvalue weighted by Gasteiger charge is -2.14. The normalized spacial score (nSPS) is 12.0. The molecule has 112 valence electrons. The van der Waals surface area contributed by atoms with E-state index in [0.29, 0.717) is 18.8 Å². The van der Waals surface area contributed by atoms with Crippen molar-refractivity contribution >= 4 is 5.91 Å². The first kappa shape index (κ1) is 16.5. The second-order valence-corrected chi connectivity index (χ2v) is 4.83. The molecular weight excluding hydrogens is 254 g/mol. The molecule has 0 radical (unpaired) electrons. The molecule has 0 spiro atoms. The number of carbonyl (C=O) groups is 1. The van der Waals surface area contributed by atoms with Crippen LogP contribution in [0, 0.1) is 0 Å². The molecule has 0 fully saturated rings. The van der Waals surface area contributed by atoms with Gasteiger partial charge in [-0.25, -0.2) is 0 Å². The van der Waals surface area contributed by atoms with Crippen LogP contribution >= 0.6 is 0 Å². The Morgan fingerprint density at radius 3 is 2.70 bits per heavy atom. The quantitative estimate of drug-likeness (QED) is 0.795. The highest BCUT2D eigenvalue weighted by atomic mass is 16.5. The molecule has 0 heterocycles. The van der Waals surface area contributed by atoms with E-state index in [4.69, 9.17) is 9.47 Å². The molecule has 1 aromatic rings. The maximum Gasteiger partial charge on any atom is 0.251 e. The van der Waals surface area contributed by atoms with Crippen molar-refractivity contribution in [3.05, 3.63) is 29.3 Å². The van der Waals surface area contributed by atoms with E-state index >= 15 is 0 Å². The molecule has 0 bridgehead atoms. The Bertz CT molecular complexity index is 432. The summed E-state index contributed by atoms with van der Waals surface area (Å²) in [5.74, 6) is 0.697. The fourth-order valence-electron chi connectivity index (χ4n) is 2.06. The zero-order valence-corrected chi connectivity index (χ0v) is 12.9. The molecule has 1 N–H and O–H groups in total. The summed E-state index contributed by atoms with van der Waals surface area (Å²) in [6.45, 7) is 7.15. The zero-order valence-electron chi connectivity index (χ0n) is 12.9. The Kier molecular flexibility index (Phi) is 7.09. The molecule has 1 aromatic carbocycles. The van der Waals surface area contributed by atoms with E-state index in [0.717, 1.165) is 24.2 Å². The Labute approximate surface area is 121 Å². The van der Waals surface area contributed by atoms with Gasteiger partial charge in [0.15, 0.2) is 0 Å². The summed E-state index contributed by atoms with van der Waals surface area (Å²) in [6.07, 6.45) is 2.04. The van der Waals surface area contributed by atoms with Crippen LogP contribution in [0.3, 0.4) is 0 Å².